The van der Waals surface area contributed by atoms with Crippen LogP contribution in [0.5, 0.6) is 0 Å². The average molecular weight is 224 g/mol. The SMILES string of the molecule is Cc1cc(C(=O)N(C)[C@@H](C)CC(C)C)on1. The number of amides is 1. The highest BCUT2D eigenvalue weighted by atomic mass is 16.5. The maximum atomic E-state index is 12.0. The van der Waals surface area contributed by atoms with Crippen molar-refractivity contribution >= 4 is 5.91 Å². The quantitative estimate of drug-likeness (QED) is 0.789. The van der Waals surface area contributed by atoms with Gasteiger partial charge in [-0.25, -0.2) is 0 Å². The van der Waals surface area contributed by atoms with Crippen molar-refractivity contribution in [1.29, 1.82) is 0 Å². The minimum absolute atomic E-state index is 0.103. The molecular formula is C12H20N2O2. The molecule has 1 aromatic rings. The molecule has 0 saturated carbocycles. The van der Waals surface area contributed by atoms with Gasteiger partial charge in [-0.05, 0) is 26.2 Å². The van der Waals surface area contributed by atoms with Gasteiger partial charge < -0.3 is 9.42 Å². The molecule has 0 fully saturated rings. The summed E-state index contributed by atoms with van der Waals surface area (Å²) in [5.41, 5.74) is 0.730. The van der Waals surface area contributed by atoms with Crippen molar-refractivity contribution in [2.24, 2.45) is 5.92 Å². The summed E-state index contributed by atoms with van der Waals surface area (Å²) < 4.78 is 4.96. The van der Waals surface area contributed by atoms with Gasteiger partial charge in [-0.3, -0.25) is 4.79 Å². The Hall–Kier alpha value is -1.32. The molecular weight excluding hydrogens is 204 g/mol. The summed E-state index contributed by atoms with van der Waals surface area (Å²) in [6.07, 6.45) is 0.982. The van der Waals surface area contributed by atoms with Crippen molar-refractivity contribution in [3.63, 3.8) is 0 Å². The molecule has 1 heterocycles. The minimum Gasteiger partial charge on any atom is -0.351 e. The highest BCUT2D eigenvalue weighted by molar-refractivity contribution is 5.91. The lowest BCUT2D eigenvalue weighted by Crippen LogP contribution is -2.35. The second-order valence-electron chi connectivity index (χ2n) is 4.73. The fraction of sp³-hybridized carbons (Fsp3) is 0.667. The summed E-state index contributed by atoms with van der Waals surface area (Å²) in [4.78, 5) is 13.7. The van der Waals surface area contributed by atoms with E-state index in [1.165, 1.54) is 0 Å². The molecule has 1 rings (SSSR count). The van der Waals surface area contributed by atoms with Crippen LogP contribution in [0.1, 0.15) is 43.4 Å². The molecule has 1 aromatic heterocycles. The van der Waals surface area contributed by atoms with Gasteiger partial charge in [-0.2, -0.15) is 0 Å². The lowest BCUT2D eigenvalue weighted by atomic mass is 10.0. The number of rotatable bonds is 4. The number of aromatic nitrogens is 1. The van der Waals surface area contributed by atoms with E-state index in [2.05, 4.69) is 19.0 Å². The molecule has 0 aliphatic rings. The third kappa shape index (κ3) is 3.08. The van der Waals surface area contributed by atoms with E-state index in [4.69, 9.17) is 4.52 Å². The molecule has 4 heteroatoms. The number of hydrogen-bond acceptors (Lipinski definition) is 3. The third-order valence-corrected chi connectivity index (χ3v) is 2.63. The zero-order valence-electron chi connectivity index (χ0n) is 10.7. The molecule has 4 nitrogen and oxygen atoms in total. The first kappa shape index (κ1) is 12.7. The number of nitrogens with zero attached hydrogens (tertiary/aromatic N) is 2. The fourth-order valence-corrected chi connectivity index (χ4v) is 1.68. The standard InChI is InChI=1S/C12H20N2O2/c1-8(2)6-10(4)14(5)12(15)11-7-9(3)13-16-11/h7-8,10H,6H2,1-5H3/t10-/m0/s1. The Labute approximate surface area is 96.6 Å². The second-order valence-corrected chi connectivity index (χ2v) is 4.73. The smallest absolute Gasteiger partial charge is 0.292 e. The highest BCUT2D eigenvalue weighted by Crippen LogP contribution is 2.13. The predicted octanol–water partition coefficient (Wildman–Crippen LogP) is 2.49. The molecule has 0 aromatic carbocycles. The summed E-state index contributed by atoms with van der Waals surface area (Å²) in [7, 11) is 1.80. The predicted molar refractivity (Wildman–Crippen MR) is 62.3 cm³/mol. The first-order valence-electron chi connectivity index (χ1n) is 5.62. The van der Waals surface area contributed by atoms with Gasteiger partial charge in [0.15, 0.2) is 0 Å². The molecule has 16 heavy (non-hydrogen) atoms. The number of hydrogen-bond donors (Lipinski definition) is 0. The number of aryl methyl sites for hydroxylation is 1. The van der Waals surface area contributed by atoms with Gasteiger partial charge in [0.05, 0.1) is 5.69 Å². The van der Waals surface area contributed by atoms with Gasteiger partial charge in [0.1, 0.15) is 0 Å². The summed E-state index contributed by atoms with van der Waals surface area (Å²) in [5, 5.41) is 3.72. The third-order valence-electron chi connectivity index (χ3n) is 2.63. The van der Waals surface area contributed by atoms with Crippen LogP contribution in [0.3, 0.4) is 0 Å². The van der Waals surface area contributed by atoms with Crippen LogP contribution >= 0.6 is 0 Å². The van der Waals surface area contributed by atoms with E-state index in [-0.39, 0.29) is 11.9 Å². The van der Waals surface area contributed by atoms with Crippen LogP contribution in [0.4, 0.5) is 0 Å². The van der Waals surface area contributed by atoms with Crippen molar-refractivity contribution in [3.05, 3.63) is 17.5 Å². The van der Waals surface area contributed by atoms with Gasteiger partial charge in [0, 0.05) is 19.2 Å². The van der Waals surface area contributed by atoms with Gasteiger partial charge >= 0.3 is 0 Å². The van der Waals surface area contributed by atoms with Crippen molar-refractivity contribution < 1.29 is 9.32 Å². The van der Waals surface area contributed by atoms with E-state index >= 15 is 0 Å². The molecule has 0 radical (unpaired) electrons. The molecule has 0 spiro atoms. The summed E-state index contributed by atoms with van der Waals surface area (Å²) in [5.74, 6) is 0.783. The lowest BCUT2D eigenvalue weighted by Gasteiger charge is -2.25. The number of carbonyl (C=O) groups is 1. The van der Waals surface area contributed by atoms with Crippen molar-refractivity contribution in [1.82, 2.24) is 10.1 Å². The van der Waals surface area contributed by atoms with Crippen molar-refractivity contribution in [3.8, 4) is 0 Å². The van der Waals surface area contributed by atoms with Crippen LogP contribution in [-0.4, -0.2) is 29.1 Å². The van der Waals surface area contributed by atoms with Crippen LogP contribution in [0.15, 0.2) is 10.6 Å². The van der Waals surface area contributed by atoms with E-state index in [1.807, 2.05) is 6.92 Å². The molecule has 0 unspecified atom stereocenters. The van der Waals surface area contributed by atoms with E-state index in [9.17, 15) is 4.79 Å². The van der Waals surface area contributed by atoms with Crippen molar-refractivity contribution in [2.45, 2.75) is 40.2 Å². The van der Waals surface area contributed by atoms with Gasteiger partial charge in [-0.1, -0.05) is 19.0 Å². The maximum absolute atomic E-state index is 12.0. The first-order chi connectivity index (χ1) is 7.41. The largest absolute Gasteiger partial charge is 0.351 e. The average Bonchev–Trinajstić information content (AvgIpc) is 2.61. The molecule has 0 aliphatic carbocycles. The highest BCUT2D eigenvalue weighted by Gasteiger charge is 2.21. The molecule has 0 saturated heterocycles. The Morgan fingerprint density at radius 3 is 2.56 bits per heavy atom. The Kier molecular flexibility index (Phi) is 4.10. The van der Waals surface area contributed by atoms with Crippen LogP contribution in [0.2, 0.25) is 0 Å². The zero-order chi connectivity index (χ0) is 12.3. The Bertz CT molecular complexity index is 358. The van der Waals surface area contributed by atoms with Gasteiger partial charge in [0.2, 0.25) is 5.76 Å². The Morgan fingerprint density at radius 2 is 2.12 bits per heavy atom. The molecule has 0 N–H and O–H groups in total. The van der Waals surface area contributed by atoms with E-state index < -0.39 is 0 Å². The van der Waals surface area contributed by atoms with Crippen molar-refractivity contribution in [2.75, 3.05) is 7.05 Å². The van der Waals surface area contributed by atoms with Gasteiger partial charge in [-0.15, -0.1) is 0 Å². The molecule has 90 valence electrons. The second kappa shape index (κ2) is 5.14. The Morgan fingerprint density at radius 1 is 1.50 bits per heavy atom. The monoisotopic (exact) mass is 224 g/mol. The molecule has 1 atom stereocenters. The van der Waals surface area contributed by atoms with Crippen LogP contribution in [0, 0.1) is 12.8 Å². The Balaban J connectivity index is 2.67. The molecule has 0 bridgehead atoms. The van der Waals surface area contributed by atoms with Crippen LogP contribution in [-0.2, 0) is 0 Å². The fourth-order valence-electron chi connectivity index (χ4n) is 1.68. The molecule has 1 amide bonds. The maximum Gasteiger partial charge on any atom is 0.292 e. The first-order valence-corrected chi connectivity index (χ1v) is 5.62. The summed E-state index contributed by atoms with van der Waals surface area (Å²) in [6, 6.07) is 1.87. The normalized spacial score (nSPS) is 12.9. The van der Waals surface area contributed by atoms with E-state index in [0.29, 0.717) is 11.7 Å². The zero-order valence-corrected chi connectivity index (χ0v) is 10.7. The van der Waals surface area contributed by atoms with E-state index in [1.54, 1.807) is 24.9 Å². The van der Waals surface area contributed by atoms with E-state index in [0.717, 1.165) is 12.1 Å². The van der Waals surface area contributed by atoms with Gasteiger partial charge in [0.25, 0.3) is 5.91 Å². The summed E-state index contributed by atoms with van der Waals surface area (Å²) in [6.45, 7) is 8.14. The lowest BCUT2D eigenvalue weighted by molar-refractivity contribution is 0.0686. The molecule has 0 aliphatic heterocycles. The number of carbonyl (C=O) groups excluding carboxylic acids is 1. The summed E-state index contributed by atoms with van der Waals surface area (Å²) >= 11 is 0. The topological polar surface area (TPSA) is 46.3 Å². The van der Waals surface area contributed by atoms with Crippen LogP contribution in [0.25, 0.3) is 0 Å². The van der Waals surface area contributed by atoms with Crippen LogP contribution < -0.4 is 0 Å². The minimum atomic E-state index is -0.103.